The van der Waals surface area contributed by atoms with Gasteiger partial charge in [-0.05, 0) is 54.1 Å². The van der Waals surface area contributed by atoms with Crippen molar-refractivity contribution >= 4 is 46.2 Å². The van der Waals surface area contributed by atoms with Crippen LogP contribution in [0.4, 0.5) is 5.69 Å². The second kappa shape index (κ2) is 5.17. The molecule has 1 aromatic carbocycles. The van der Waals surface area contributed by atoms with E-state index in [2.05, 4.69) is 27.6 Å². The number of aryl methyl sites for hydroxylation is 1. The van der Waals surface area contributed by atoms with Crippen LogP contribution < -0.4 is 0 Å². The first kappa shape index (κ1) is 13.2. The molecule has 1 aliphatic rings. The van der Waals surface area contributed by atoms with E-state index in [1.165, 1.54) is 6.21 Å². The van der Waals surface area contributed by atoms with Gasteiger partial charge < -0.3 is 4.74 Å². The van der Waals surface area contributed by atoms with Crippen molar-refractivity contribution in [2.75, 3.05) is 6.61 Å². The number of halogens is 1. The minimum absolute atomic E-state index is 0.236. The monoisotopic (exact) mass is 357 g/mol. The van der Waals surface area contributed by atoms with Crippen molar-refractivity contribution < 1.29 is 14.3 Å². The van der Waals surface area contributed by atoms with Gasteiger partial charge in [-0.25, -0.2) is 0 Å². The molecule has 0 amide bonds. The lowest BCUT2D eigenvalue weighted by atomic mass is 9.93. The molecule has 1 aromatic rings. The van der Waals surface area contributed by atoms with Crippen LogP contribution in [0.3, 0.4) is 0 Å². The Kier molecular flexibility index (Phi) is 3.79. The predicted molar refractivity (Wildman–Crippen MR) is 76.5 cm³/mol. The Morgan fingerprint density at radius 2 is 2.22 bits per heavy atom. The van der Waals surface area contributed by atoms with Gasteiger partial charge in [0.2, 0.25) is 0 Å². The van der Waals surface area contributed by atoms with E-state index in [1.807, 2.05) is 13.0 Å². The molecule has 0 radical (unpaired) electrons. The molecule has 5 heteroatoms. The number of benzene rings is 1. The number of ketones is 1. The summed E-state index contributed by atoms with van der Waals surface area (Å²) in [7, 11) is 0. The Labute approximate surface area is 119 Å². The molecule has 0 spiro atoms. The number of hydrogen-bond acceptors (Lipinski definition) is 4. The fourth-order valence-corrected chi connectivity index (χ4v) is 2.66. The summed E-state index contributed by atoms with van der Waals surface area (Å²) in [5.41, 5.74) is 2.09. The van der Waals surface area contributed by atoms with Crippen LogP contribution in [0.15, 0.2) is 17.1 Å². The Morgan fingerprint density at radius 1 is 1.50 bits per heavy atom. The summed E-state index contributed by atoms with van der Waals surface area (Å²) in [4.78, 5) is 28.1. The zero-order valence-corrected chi connectivity index (χ0v) is 12.2. The fourth-order valence-electron chi connectivity index (χ4n) is 1.88. The molecule has 1 aliphatic heterocycles. The van der Waals surface area contributed by atoms with Gasteiger partial charge in [-0.2, -0.15) is 0 Å². The van der Waals surface area contributed by atoms with E-state index >= 15 is 0 Å². The topological polar surface area (TPSA) is 55.7 Å². The molecule has 0 aliphatic carbocycles. The summed E-state index contributed by atoms with van der Waals surface area (Å²) in [6.07, 6.45) is 1.38. The molecule has 94 valence electrons. The molecule has 1 unspecified atom stereocenters. The number of esters is 1. The van der Waals surface area contributed by atoms with E-state index in [1.54, 1.807) is 13.0 Å². The molecular formula is C13H12INO3. The maximum atomic E-state index is 12.2. The molecule has 0 saturated heterocycles. The van der Waals surface area contributed by atoms with Crippen LogP contribution in [0.1, 0.15) is 22.8 Å². The van der Waals surface area contributed by atoms with Gasteiger partial charge in [0.05, 0.1) is 12.3 Å². The third-order valence-electron chi connectivity index (χ3n) is 2.71. The average molecular weight is 357 g/mol. The minimum atomic E-state index is -0.907. The molecule has 1 heterocycles. The van der Waals surface area contributed by atoms with Crippen molar-refractivity contribution in [1.29, 1.82) is 0 Å². The number of carbonyl (C=O) groups is 2. The summed E-state index contributed by atoms with van der Waals surface area (Å²) >= 11 is 2.14. The highest BCUT2D eigenvalue weighted by Gasteiger charge is 2.32. The second-order valence-corrected chi connectivity index (χ2v) is 5.24. The van der Waals surface area contributed by atoms with Crippen LogP contribution in [0.2, 0.25) is 0 Å². The lowest BCUT2D eigenvalue weighted by Crippen LogP contribution is -2.29. The highest BCUT2D eigenvalue weighted by molar-refractivity contribution is 14.1. The minimum Gasteiger partial charge on any atom is -0.465 e. The number of carbonyl (C=O) groups excluding carboxylic acids is 2. The average Bonchev–Trinajstić information content (AvgIpc) is 2.30. The van der Waals surface area contributed by atoms with Gasteiger partial charge in [0, 0.05) is 15.3 Å². The van der Waals surface area contributed by atoms with Crippen molar-refractivity contribution in [2.24, 2.45) is 10.9 Å². The Balaban J connectivity index is 2.43. The van der Waals surface area contributed by atoms with E-state index in [9.17, 15) is 9.59 Å². The van der Waals surface area contributed by atoms with Gasteiger partial charge in [0.25, 0.3) is 0 Å². The number of aliphatic imine (C=N–C) groups is 1. The van der Waals surface area contributed by atoms with Gasteiger partial charge in [-0.1, -0.05) is 0 Å². The number of hydrogen-bond donors (Lipinski definition) is 0. The second-order valence-electron chi connectivity index (χ2n) is 3.99. The van der Waals surface area contributed by atoms with Crippen molar-refractivity contribution in [2.45, 2.75) is 13.8 Å². The molecule has 0 fully saturated rings. The first-order valence-electron chi connectivity index (χ1n) is 5.59. The van der Waals surface area contributed by atoms with E-state index in [-0.39, 0.29) is 12.4 Å². The van der Waals surface area contributed by atoms with Crippen LogP contribution in [0.5, 0.6) is 0 Å². The molecule has 2 rings (SSSR count). The first-order valence-corrected chi connectivity index (χ1v) is 6.67. The third kappa shape index (κ3) is 2.31. The highest BCUT2D eigenvalue weighted by atomic mass is 127. The molecule has 0 aromatic heterocycles. The summed E-state index contributed by atoms with van der Waals surface area (Å²) in [5.74, 6) is -1.68. The van der Waals surface area contributed by atoms with Crippen molar-refractivity contribution in [3.63, 3.8) is 0 Å². The summed E-state index contributed by atoms with van der Waals surface area (Å²) in [6.45, 7) is 3.87. The largest absolute Gasteiger partial charge is 0.465 e. The smallest absolute Gasteiger partial charge is 0.322 e. The van der Waals surface area contributed by atoms with Crippen molar-refractivity contribution in [3.05, 3.63) is 26.8 Å². The van der Waals surface area contributed by atoms with E-state index < -0.39 is 11.9 Å². The number of nitrogens with zero attached hydrogens (tertiary/aromatic N) is 1. The van der Waals surface area contributed by atoms with Gasteiger partial charge in [-0.15, -0.1) is 0 Å². The maximum absolute atomic E-state index is 12.2. The van der Waals surface area contributed by atoms with Gasteiger partial charge >= 0.3 is 5.97 Å². The van der Waals surface area contributed by atoms with Crippen LogP contribution in [-0.4, -0.2) is 24.6 Å². The molecular weight excluding hydrogens is 345 g/mol. The summed E-state index contributed by atoms with van der Waals surface area (Å²) < 4.78 is 5.83. The normalized spacial score (nSPS) is 17.5. The fraction of sp³-hybridized carbons (Fsp3) is 0.308. The standard InChI is InChI=1S/C13H12INO3/c1-3-18-13(17)10-6-15-11-7(2)4-8(14)5-9(11)12(10)16/h4-6,10H,3H2,1-2H3. The van der Waals surface area contributed by atoms with Crippen LogP contribution in [0, 0.1) is 16.4 Å². The SMILES string of the molecule is CCOC(=O)C1C=Nc2c(C)cc(I)cc2C1=O. The Morgan fingerprint density at radius 3 is 2.89 bits per heavy atom. The third-order valence-corrected chi connectivity index (χ3v) is 3.33. The van der Waals surface area contributed by atoms with Gasteiger partial charge in [0.15, 0.2) is 11.7 Å². The number of ether oxygens (including phenoxy) is 1. The van der Waals surface area contributed by atoms with Gasteiger partial charge in [0.1, 0.15) is 0 Å². The maximum Gasteiger partial charge on any atom is 0.322 e. The molecule has 4 nitrogen and oxygen atoms in total. The van der Waals surface area contributed by atoms with E-state index in [4.69, 9.17) is 4.74 Å². The first-order chi connectivity index (χ1) is 8.54. The quantitative estimate of drug-likeness (QED) is 0.465. The summed E-state index contributed by atoms with van der Waals surface area (Å²) in [6, 6.07) is 3.71. The zero-order valence-electron chi connectivity index (χ0n) is 10.1. The van der Waals surface area contributed by atoms with Crippen LogP contribution in [-0.2, 0) is 9.53 Å². The van der Waals surface area contributed by atoms with Crippen LogP contribution >= 0.6 is 22.6 Å². The molecule has 1 atom stereocenters. The predicted octanol–water partition coefficient (Wildman–Crippen LogP) is 2.68. The van der Waals surface area contributed by atoms with Crippen LogP contribution in [0.25, 0.3) is 0 Å². The molecule has 18 heavy (non-hydrogen) atoms. The zero-order chi connectivity index (χ0) is 13.3. The number of Topliss-reactive ketones (excluding diaryl/α,β-unsaturated/α-hetero) is 1. The molecule has 0 saturated carbocycles. The highest BCUT2D eigenvalue weighted by Crippen LogP contribution is 2.31. The lowest BCUT2D eigenvalue weighted by Gasteiger charge is -2.17. The lowest BCUT2D eigenvalue weighted by molar-refractivity contribution is -0.143. The van der Waals surface area contributed by atoms with Crippen molar-refractivity contribution in [3.8, 4) is 0 Å². The van der Waals surface area contributed by atoms with E-state index in [0.29, 0.717) is 11.3 Å². The van der Waals surface area contributed by atoms with Gasteiger partial charge in [-0.3, -0.25) is 14.6 Å². The molecule has 0 N–H and O–H groups in total. The number of rotatable bonds is 2. The van der Waals surface area contributed by atoms with E-state index in [0.717, 1.165) is 9.13 Å². The molecule has 0 bridgehead atoms. The number of fused-ring (bicyclic) bond motifs is 1. The van der Waals surface area contributed by atoms with Crippen molar-refractivity contribution in [1.82, 2.24) is 0 Å². The Bertz CT molecular complexity index is 551. The Hall–Kier alpha value is -1.24. The summed E-state index contributed by atoms with van der Waals surface area (Å²) in [5, 5.41) is 0.